The lowest BCUT2D eigenvalue weighted by Crippen LogP contribution is -2.70. The van der Waals surface area contributed by atoms with Crippen LogP contribution in [-0.2, 0) is 14.8 Å². The molecule has 1 aromatic rings. The monoisotopic (exact) mass is 564 g/mol. The van der Waals surface area contributed by atoms with Gasteiger partial charge in [0, 0.05) is 68.8 Å². The van der Waals surface area contributed by atoms with Crippen LogP contribution in [0.2, 0.25) is 5.02 Å². The second-order valence-electron chi connectivity index (χ2n) is 11.6. The zero-order chi connectivity index (χ0) is 26.5. The predicted molar refractivity (Wildman–Crippen MR) is 143 cm³/mol. The average Bonchev–Trinajstić information content (AvgIpc) is 3.56. The molecular weight excluding hydrogens is 528 g/mol. The highest BCUT2D eigenvalue weighted by Gasteiger charge is 2.48. The Labute approximate surface area is 229 Å². The van der Waals surface area contributed by atoms with E-state index in [2.05, 4.69) is 15.5 Å². The van der Waals surface area contributed by atoms with Gasteiger partial charge in [0.25, 0.3) is 0 Å². The van der Waals surface area contributed by atoms with Crippen LogP contribution in [0.4, 0.5) is 4.79 Å². The first kappa shape index (κ1) is 26.3. The zero-order valence-corrected chi connectivity index (χ0v) is 23.2. The molecule has 12 heteroatoms. The fourth-order valence-corrected chi connectivity index (χ4v) is 8.66. The number of likely N-dealkylation sites (tertiary alicyclic amines) is 1. The van der Waals surface area contributed by atoms with Crippen molar-refractivity contribution in [2.24, 2.45) is 11.3 Å². The van der Waals surface area contributed by atoms with Crippen LogP contribution >= 0.6 is 11.6 Å². The molecule has 5 aliphatic rings. The highest BCUT2D eigenvalue weighted by Crippen LogP contribution is 2.41. The predicted octanol–water partition coefficient (Wildman–Crippen LogP) is 1.73. The zero-order valence-electron chi connectivity index (χ0n) is 21.6. The fraction of sp³-hybridized carbons (Fsp3) is 0.692. The van der Waals surface area contributed by atoms with Gasteiger partial charge in [-0.25, -0.2) is 13.2 Å². The van der Waals surface area contributed by atoms with Gasteiger partial charge in [0.1, 0.15) is 6.29 Å². The summed E-state index contributed by atoms with van der Waals surface area (Å²) in [6, 6.07) is 6.58. The second kappa shape index (κ2) is 10.2. The third kappa shape index (κ3) is 4.92. The van der Waals surface area contributed by atoms with Crippen molar-refractivity contribution in [3.8, 4) is 0 Å². The highest BCUT2D eigenvalue weighted by atomic mass is 35.5. The normalized spacial score (nSPS) is 33.0. The molecule has 1 aliphatic carbocycles. The summed E-state index contributed by atoms with van der Waals surface area (Å²) in [6.07, 6.45) is 5.69. The van der Waals surface area contributed by atoms with Crippen molar-refractivity contribution in [3.63, 3.8) is 0 Å². The Balaban J connectivity index is 1.02. The molecule has 0 aromatic heterocycles. The molecule has 1 saturated carbocycles. The van der Waals surface area contributed by atoms with Crippen molar-refractivity contribution in [1.29, 1.82) is 0 Å². The highest BCUT2D eigenvalue weighted by molar-refractivity contribution is 7.89. The molecule has 0 radical (unpaired) electrons. The minimum atomic E-state index is -3.59. The van der Waals surface area contributed by atoms with Gasteiger partial charge in [0.05, 0.1) is 10.8 Å². The van der Waals surface area contributed by atoms with Crippen molar-refractivity contribution >= 4 is 33.6 Å². The number of hydrogen-bond acceptors (Lipinski definition) is 6. The van der Waals surface area contributed by atoms with E-state index in [9.17, 15) is 18.0 Å². The van der Waals surface area contributed by atoms with Gasteiger partial charge < -0.3 is 15.1 Å². The van der Waals surface area contributed by atoms with E-state index < -0.39 is 10.0 Å². The minimum Gasteiger partial charge on any atom is -0.328 e. The third-order valence-electron chi connectivity index (χ3n) is 9.27. The van der Waals surface area contributed by atoms with Crippen molar-refractivity contribution < 1.29 is 18.0 Å². The largest absolute Gasteiger partial charge is 0.328 e. The van der Waals surface area contributed by atoms with Crippen LogP contribution < -0.4 is 10.6 Å². The number of carbonyl (C=O) groups excluding carboxylic acids is 2. The van der Waals surface area contributed by atoms with E-state index in [4.69, 9.17) is 11.6 Å². The van der Waals surface area contributed by atoms with Gasteiger partial charge in [-0.3, -0.25) is 15.0 Å². The number of amides is 3. The Morgan fingerprint density at radius 2 is 1.63 bits per heavy atom. The maximum absolute atomic E-state index is 13.4. The van der Waals surface area contributed by atoms with Gasteiger partial charge in [-0.1, -0.05) is 24.4 Å². The van der Waals surface area contributed by atoms with Crippen molar-refractivity contribution in [2.75, 3.05) is 52.4 Å². The van der Waals surface area contributed by atoms with Crippen LogP contribution in [0.15, 0.2) is 29.2 Å². The Kier molecular flexibility index (Phi) is 7.09. The first-order valence-electron chi connectivity index (χ1n) is 13.8. The lowest BCUT2D eigenvalue weighted by atomic mass is 9.82. The molecule has 1 aromatic carbocycles. The van der Waals surface area contributed by atoms with E-state index in [1.54, 1.807) is 28.6 Å². The van der Waals surface area contributed by atoms with Crippen molar-refractivity contribution in [1.82, 2.24) is 29.6 Å². The van der Waals surface area contributed by atoms with Gasteiger partial charge >= 0.3 is 6.03 Å². The van der Waals surface area contributed by atoms with Gasteiger partial charge in [0.15, 0.2) is 0 Å². The molecule has 6 rings (SSSR count). The van der Waals surface area contributed by atoms with Gasteiger partial charge in [0.2, 0.25) is 15.9 Å². The molecule has 4 aliphatic heterocycles. The Hall–Kier alpha value is -1.92. The maximum Gasteiger partial charge on any atom is 0.320 e. The molecule has 3 amide bonds. The smallest absolute Gasteiger partial charge is 0.320 e. The summed E-state index contributed by atoms with van der Waals surface area (Å²) in [5.74, 6) is 0.237. The average molecular weight is 565 g/mol. The number of halogens is 1. The first-order chi connectivity index (χ1) is 18.2. The minimum absolute atomic E-state index is 0.0357. The Morgan fingerprint density at radius 3 is 2.39 bits per heavy atom. The summed E-state index contributed by atoms with van der Waals surface area (Å²) >= 11 is 5.94. The van der Waals surface area contributed by atoms with Crippen LogP contribution in [0.1, 0.15) is 38.5 Å². The second-order valence-corrected chi connectivity index (χ2v) is 14.0. The summed E-state index contributed by atoms with van der Waals surface area (Å²) in [4.78, 5) is 32.3. The molecular formula is C26H37ClN6O4S. The molecule has 1 spiro atoms. The lowest BCUT2D eigenvalue weighted by molar-refractivity contribution is -0.134. The molecule has 5 fully saturated rings. The number of benzene rings is 1. The topological polar surface area (TPSA) is 105 Å². The number of fused-ring (bicyclic) bond motifs is 1. The summed E-state index contributed by atoms with van der Waals surface area (Å²) in [5, 5.41) is 7.29. The number of urea groups is 1. The van der Waals surface area contributed by atoms with Crippen LogP contribution in [0.5, 0.6) is 0 Å². The Morgan fingerprint density at radius 1 is 0.921 bits per heavy atom. The summed E-state index contributed by atoms with van der Waals surface area (Å²) < 4.78 is 27.9. The number of hydrogen-bond donors (Lipinski definition) is 2. The van der Waals surface area contributed by atoms with Crippen LogP contribution in [0, 0.1) is 11.3 Å². The van der Waals surface area contributed by atoms with Crippen LogP contribution in [-0.4, -0.2) is 104 Å². The van der Waals surface area contributed by atoms with Gasteiger partial charge in [-0.15, -0.1) is 0 Å². The first-order valence-corrected chi connectivity index (χ1v) is 15.7. The van der Waals surface area contributed by atoms with E-state index in [1.165, 1.54) is 6.42 Å². The maximum atomic E-state index is 13.4. The van der Waals surface area contributed by atoms with Crippen molar-refractivity contribution in [3.05, 3.63) is 29.3 Å². The molecule has 10 nitrogen and oxygen atoms in total. The molecule has 4 unspecified atom stereocenters. The van der Waals surface area contributed by atoms with Crippen molar-refractivity contribution in [2.45, 2.75) is 55.8 Å². The van der Waals surface area contributed by atoms with Gasteiger partial charge in [-0.05, 0) is 49.9 Å². The van der Waals surface area contributed by atoms with Crippen LogP contribution in [0.25, 0.3) is 0 Å². The third-order valence-corrected chi connectivity index (χ3v) is 11.4. The van der Waals surface area contributed by atoms with E-state index in [0.29, 0.717) is 57.4 Å². The Bertz CT molecular complexity index is 1170. The van der Waals surface area contributed by atoms with Crippen LogP contribution in [0.3, 0.4) is 0 Å². The molecule has 2 N–H and O–H groups in total. The number of carbonyl (C=O) groups is 2. The number of nitrogens with zero attached hydrogens (tertiary/aromatic N) is 4. The number of rotatable bonds is 3. The van der Waals surface area contributed by atoms with E-state index >= 15 is 0 Å². The molecule has 4 saturated heterocycles. The number of piperazine rings is 1. The van der Waals surface area contributed by atoms with E-state index in [0.717, 1.165) is 32.1 Å². The van der Waals surface area contributed by atoms with Gasteiger partial charge in [-0.2, -0.15) is 4.31 Å². The molecule has 0 bridgehead atoms. The summed E-state index contributed by atoms with van der Waals surface area (Å²) in [5.41, 5.74) is -0.191. The molecule has 208 valence electrons. The SMILES string of the molecule is O=C1NC(N2CCN(C(=O)N3CCC4(CCN(S(=O)(=O)c5ccc(Cl)cc5)C4)C3)CC2)NC2CCCCC12. The quantitative estimate of drug-likeness (QED) is 0.579. The number of sulfonamides is 1. The molecule has 4 atom stereocenters. The lowest BCUT2D eigenvalue weighted by Gasteiger charge is -2.46. The fourth-order valence-electron chi connectivity index (χ4n) is 6.98. The summed E-state index contributed by atoms with van der Waals surface area (Å²) in [6.45, 7) is 4.76. The summed E-state index contributed by atoms with van der Waals surface area (Å²) in [7, 11) is -3.59. The molecule has 38 heavy (non-hydrogen) atoms. The standard InChI is InChI=1S/C26H37ClN6O4S/c27-19-5-7-20(8-6-19)38(36,37)33-12-10-26(18-33)9-11-32(17-26)25(35)31-15-13-30(14-16-31)24-28-22-4-2-1-3-21(22)23(34)29-24/h5-8,21-22,24,28H,1-4,9-18H2,(H,29,34). The number of nitrogens with one attached hydrogen (secondary N) is 2. The van der Waals surface area contributed by atoms with E-state index in [1.807, 2.05) is 9.80 Å². The van der Waals surface area contributed by atoms with E-state index in [-0.39, 0.29) is 40.5 Å². The molecule has 4 heterocycles.